The lowest BCUT2D eigenvalue weighted by molar-refractivity contribution is 0.598. The van der Waals surface area contributed by atoms with E-state index in [4.69, 9.17) is 4.99 Å². The third kappa shape index (κ3) is 4.87. The summed E-state index contributed by atoms with van der Waals surface area (Å²) in [7, 11) is 0. The summed E-state index contributed by atoms with van der Waals surface area (Å²) in [5.41, 5.74) is 5.64. The van der Waals surface area contributed by atoms with Gasteiger partial charge in [-0.3, -0.25) is 0 Å². The molecule has 1 heterocycles. The van der Waals surface area contributed by atoms with Crippen LogP contribution in [0.25, 0.3) is 0 Å². The quantitative estimate of drug-likeness (QED) is 0.343. The van der Waals surface area contributed by atoms with Gasteiger partial charge in [0.25, 0.3) is 0 Å². The second-order valence-corrected chi connectivity index (χ2v) is 7.28. The minimum absolute atomic E-state index is 0.289. The lowest BCUT2D eigenvalue weighted by Gasteiger charge is -2.09. The first kappa shape index (κ1) is 19.7. The van der Waals surface area contributed by atoms with Gasteiger partial charge < -0.3 is 0 Å². The molecule has 3 aromatic carbocycles. The van der Waals surface area contributed by atoms with Crippen molar-refractivity contribution < 1.29 is 4.39 Å². The number of aryl methyl sites for hydroxylation is 3. The lowest BCUT2D eigenvalue weighted by atomic mass is 10.0. The third-order valence-electron chi connectivity index (χ3n) is 4.96. The molecule has 0 amide bonds. The summed E-state index contributed by atoms with van der Waals surface area (Å²) in [6, 6.07) is 31.4. The fourth-order valence-corrected chi connectivity index (χ4v) is 3.44. The van der Waals surface area contributed by atoms with Crippen LogP contribution in [0.2, 0.25) is 0 Å². The van der Waals surface area contributed by atoms with Crippen molar-refractivity contribution in [2.24, 2.45) is 4.99 Å². The van der Waals surface area contributed by atoms with Crippen molar-refractivity contribution in [2.45, 2.75) is 19.8 Å². The van der Waals surface area contributed by atoms with E-state index in [2.05, 4.69) is 30.1 Å². The standard InChI is InChI=1S/C27H23FN2/c1-20-9-8-10-21(19-20)15-17-25-24(28)16-18-26(29-25)30-27(22-11-4-2-5-12-22)23-13-6-3-7-14-23/h2-14,16,18-19H,15,17H2,1H3. The Kier molecular flexibility index (Phi) is 6.09. The molecule has 2 nitrogen and oxygen atoms in total. The highest BCUT2D eigenvalue weighted by Crippen LogP contribution is 2.19. The predicted molar refractivity (Wildman–Crippen MR) is 121 cm³/mol. The summed E-state index contributed by atoms with van der Waals surface area (Å²) in [5.74, 6) is 0.223. The molecule has 4 aromatic rings. The van der Waals surface area contributed by atoms with E-state index >= 15 is 0 Å². The van der Waals surface area contributed by atoms with Gasteiger partial charge >= 0.3 is 0 Å². The fourth-order valence-electron chi connectivity index (χ4n) is 3.44. The summed E-state index contributed by atoms with van der Waals surface area (Å²) in [5, 5.41) is 0. The Morgan fingerprint density at radius 1 is 0.767 bits per heavy atom. The maximum Gasteiger partial charge on any atom is 0.153 e. The minimum atomic E-state index is -0.289. The zero-order chi connectivity index (χ0) is 20.8. The molecule has 0 saturated carbocycles. The Balaban J connectivity index is 1.66. The molecule has 0 saturated heterocycles. The number of halogens is 1. The second-order valence-electron chi connectivity index (χ2n) is 7.28. The molecule has 1 aromatic heterocycles. The highest BCUT2D eigenvalue weighted by atomic mass is 19.1. The molecule has 4 rings (SSSR count). The van der Waals surface area contributed by atoms with Crippen LogP contribution in [0.4, 0.5) is 10.2 Å². The summed E-state index contributed by atoms with van der Waals surface area (Å²) in [6.07, 6.45) is 1.27. The van der Waals surface area contributed by atoms with Crippen molar-refractivity contribution in [3.63, 3.8) is 0 Å². The van der Waals surface area contributed by atoms with Gasteiger partial charge in [-0.15, -0.1) is 0 Å². The maximum absolute atomic E-state index is 14.4. The molecular formula is C27H23FN2. The van der Waals surface area contributed by atoms with Crippen molar-refractivity contribution in [3.05, 3.63) is 131 Å². The fraction of sp³-hybridized carbons (Fsp3) is 0.111. The van der Waals surface area contributed by atoms with Crippen LogP contribution < -0.4 is 0 Å². The van der Waals surface area contributed by atoms with E-state index in [-0.39, 0.29) is 5.82 Å². The number of benzene rings is 3. The summed E-state index contributed by atoms with van der Waals surface area (Å²) < 4.78 is 14.4. The number of hydrogen-bond acceptors (Lipinski definition) is 2. The third-order valence-corrected chi connectivity index (χ3v) is 4.96. The van der Waals surface area contributed by atoms with Crippen LogP contribution in [0.3, 0.4) is 0 Å². The lowest BCUT2D eigenvalue weighted by Crippen LogP contribution is -2.04. The molecule has 0 bridgehead atoms. The van der Waals surface area contributed by atoms with Crippen LogP contribution in [-0.2, 0) is 12.8 Å². The van der Waals surface area contributed by atoms with Crippen LogP contribution in [0.5, 0.6) is 0 Å². The smallest absolute Gasteiger partial charge is 0.153 e. The van der Waals surface area contributed by atoms with E-state index in [1.165, 1.54) is 17.2 Å². The molecule has 0 radical (unpaired) electrons. The van der Waals surface area contributed by atoms with E-state index < -0.39 is 0 Å². The monoisotopic (exact) mass is 394 g/mol. The predicted octanol–water partition coefficient (Wildman–Crippen LogP) is 6.48. The van der Waals surface area contributed by atoms with E-state index in [0.717, 1.165) is 23.3 Å². The van der Waals surface area contributed by atoms with Gasteiger partial charge in [-0.25, -0.2) is 14.4 Å². The Bertz CT molecular complexity index is 1110. The normalized spacial score (nSPS) is 10.6. The van der Waals surface area contributed by atoms with Crippen LogP contribution in [0.15, 0.2) is 102 Å². The maximum atomic E-state index is 14.4. The number of aliphatic imine (C=N–C) groups is 1. The molecule has 0 N–H and O–H groups in total. The summed E-state index contributed by atoms with van der Waals surface area (Å²) in [4.78, 5) is 9.35. The second kappa shape index (κ2) is 9.27. The minimum Gasteiger partial charge on any atom is -0.231 e. The number of hydrogen-bond donors (Lipinski definition) is 0. The summed E-state index contributed by atoms with van der Waals surface area (Å²) >= 11 is 0. The van der Waals surface area contributed by atoms with Gasteiger partial charge in [-0.05, 0) is 37.5 Å². The van der Waals surface area contributed by atoms with Crippen molar-refractivity contribution >= 4 is 11.5 Å². The zero-order valence-electron chi connectivity index (χ0n) is 16.9. The molecule has 3 heteroatoms. The van der Waals surface area contributed by atoms with Gasteiger partial charge in [0, 0.05) is 11.1 Å². The highest BCUT2D eigenvalue weighted by Gasteiger charge is 2.10. The number of rotatable bonds is 6. The average Bonchev–Trinajstić information content (AvgIpc) is 2.79. The molecule has 0 atom stereocenters. The van der Waals surface area contributed by atoms with Gasteiger partial charge in [0.1, 0.15) is 5.82 Å². The van der Waals surface area contributed by atoms with Crippen molar-refractivity contribution in [1.29, 1.82) is 0 Å². The molecule has 0 spiro atoms. The van der Waals surface area contributed by atoms with Gasteiger partial charge in [0.05, 0.1) is 11.4 Å². The highest BCUT2D eigenvalue weighted by molar-refractivity contribution is 6.13. The Labute approximate surface area is 176 Å². The van der Waals surface area contributed by atoms with Gasteiger partial charge in [0.2, 0.25) is 0 Å². The van der Waals surface area contributed by atoms with E-state index in [9.17, 15) is 4.39 Å². The van der Waals surface area contributed by atoms with E-state index in [1.54, 1.807) is 6.07 Å². The van der Waals surface area contributed by atoms with Crippen LogP contribution in [0.1, 0.15) is 27.9 Å². The van der Waals surface area contributed by atoms with E-state index in [1.807, 2.05) is 66.7 Å². The largest absolute Gasteiger partial charge is 0.231 e. The zero-order valence-corrected chi connectivity index (χ0v) is 16.9. The molecule has 148 valence electrons. The first-order valence-corrected chi connectivity index (χ1v) is 10.1. The Hall–Kier alpha value is -3.59. The first-order chi connectivity index (χ1) is 14.7. The van der Waals surface area contributed by atoms with Crippen LogP contribution in [0, 0.1) is 12.7 Å². The number of nitrogens with zero attached hydrogens (tertiary/aromatic N) is 2. The molecule has 0 aliphatic heterocycles. The number of aromatic nitrogens is 1. The Morgan fingerprint density at radius 2 is 1.43 bits per heavy atom. The van der Waals surface area contributed by atoms with Crippen molar-refractivity contribution in [3.8, 4) is 0 Å². The first-order valence-electron chi connectivity index (χ1n) is 10.1. The molecule has 0 aliphatic carbocycles. The summed E-state index contributed by atoms with van der Waals surface area (Å²) in [6.45, 7) is 2.06. The molecule has 30 heavy (non-hydrogen) atoms. The SMILES string of the molecule is Cc1cccc(CCc2nc(N=C(c3ccccc3)c3ccccc3)ccc2F)c1. The van der Waals surface area contributed by atoms with Crippen LogP contribution in [-0.4, -0.2) is 10.7 Å². The molecule has 0 fully saturated rings. The van der Waals surface area contributed by atoms with Gasteiger partial charge in [-0.2, -0.15) is 0 Å². The number of pyridine rings is 1. The van der Waals surface area contributed by atoms with Crippen molar-refractivity contribution in [2.75, 3.05) is 0 Å². The molecule has 0 unspecified atom stereocenters. The van der Waals surface area contributed by atoms with Crippen molar-refractivity contribution in [1.82, 2.24) is 4.98 Å². The Morgan fingerprint density at radius 3 is 2.07 bits per heavy atom. The molecular weight excluding hydrogens is 371 g/mol. The van der Waals surface area contributed by atoms with E-state index in [0.29, 0.717) is 17.9 Å². The topological polar surface area (TPSA) is 25.2 Å². The molecule has 0 aliphatic rings. The van der Waals surface area contributed by atoms with Crippen LogP contribution >= 0.6 is 0 Å². The average molecular weight is 394 g/mol. The van der Waals surface area contributed by atoms with Gasteiger partial charge in [-0.1, -0.05) is 90.5 Å². The van der Waals surface area contributed by atoms with Gasteiger partial charge in [0.15, 0.2) is 5.82 Å².